The number of rotatable bonds is 8. The third-order valence-corrected chi connectivity index (χ3v) is 6.12. The minimum Gasteiger partial charge on any atom is -0.309 e. The van der Waals surface area contributed by atoms with Crippen molar-refractivity contribution in [1.29, 1.82) is 0 Å². The summed E-state index contributed by atoms with van der Waals surface area (Å²) in [5.74, 6) is -0.162. The second-order valence-corrected chi connectivity index (χ2v) is 8.69. The van der Waals surface area contributed by atoms with Crippen molar-refractivity contribution in [3.63, 3.8) is 0 Å². The van der Waals surface area contributed by atoms with E-state index >= 15 is 0 Å². The molecule has 7 nitrogen and oxygen atoms in total. The second-order valence-electron chi connectivity index (χ2n) is 7.68. The van der Waals surface area contributed by atoms with Gasteiger partial charge in [-0.25, -0.2) is 4.98 Å². The molecule has 0 aliphatic rings. The maximum Gasteiger partial charge on any atom is 0.269 e. The van der Waals surface area contributed by atoms with E-state index in [4.69, 9.17) is 4.98 Å². The van der Waals surface area contributed by atoms with Crippen LogP contribution in [0.3, 0.4) is 0 Å². The molecule has 3 rings (SSSR count). The molecule has 0 bridgehead atoms. The molecule has 0 atom stereocenters. The lowest BCUT2D eigenvalue weighted by molar-refractivity contribution is -0.384. The number of aryl methyl sites for hydroxylation is 2. The van der Waals surface area contributed by atoms with Crippen molar-refractivity contribution in [2.45, 2.75) is 20.3 Å². The fourth-order valence-electron chi connectivity index (χ4n) is 3.14. The van der Waals surface area contributed by atoms with Crippen LogP contribution in [0.1, 0.15) is 23.1 Å². The molecule has 0 saturated heterocycles. The van der Waals surface area contributed by atoms with Gasteiger partial charge in [0.2, 0.25) is 0 Å². The third kappa shape index (κ3) is 5.53. The lowest BCUT2D eigenvalue weighted by Gasteiger charge is -2.19. The van der Waals surface area contributed by atoms with Gasteiger partial charge < -0.3 is 4.90 Å². The zero-order chi connectivity index (χ0) is 22.5. The first-order valence-electron chi connectivity index (χ1n) is 10.0. The molecule has 3 aromatic rings. The van der Waals surface area contributed by atoms with Crippen molar-refractivity contribution in [3.8, 4) is 0 Å². The fourth-order valence-corrected chi connectivity index (χ4v) is 4.20. The van der Waals surface area contributed by atoms with Crippen LogP contribution in [0.25, 0.3) is 16.3 Å². The van der Waals surface area contributed by atoms with Gasteiger partial charge in [-0.3, -0.25) is 19.8 Å². The van der Waals surface area contributed by atoms with Crippen molar-refractivity contribution in [2.24, 2.45) is 0 Å². The van der Waals surface area contributed by atoms with E-state index < -0.39 is 4.92 Å². The summed E-state index contributed by atoms with van der Waals surface area (Å²) >= 11 is 1.51. The monoisotopic (exact) mass is 438 g/mol. The molecule has 1 aromatic heterocycles. The molecule has 1 amide bonds. The van der Waals surface area contributed by atoms with Crippen molar-refractivity contribution in [1.82, 2.24) is 9.88 Å². The summed E-state index contributed by atoms with van der Waals surface area (Å²) in [5, 5.41) is 11.5. The van der Waals surface area contributed by atoms with E-state index in [9.17, 15) is 14.9 Å². The fraction of sp³-hybridized carbons (Fsp3) is 0.304. The van der Waals surface area contributed by atoms with Crippen molar-refractivity contribution in [3.05, 3.63) is 69.3 Å². The van der Waals surface area contributed by atoms with Crippen molar-refractivity contribution in [2.75, 3.05) is 32.1 Å². The number of aromatic nitrogens is 1. The van der Waals surface area contributed by atoms with Gasteiger partial charge in [-0.2, -0.15) is 0 Å². The van der Waals surface area contributed by atoms with Crippen LogP contribution >= 0.6 is 11.3 Å². The Morgan fingerprint density at radius 2 is 1.84 bits per heavy atom. The normalized spacial score (nSPS) is 11.5. The summed E-state index contributed by atoms with van der Waals surface area (Å²) in [4.78, 5) is 32.0. The van der Waals surface area contributed by atoms with Gasteiger partial charge in [-0.1, -0.05) is 17.4 Å². The van der Waals surface area contributed by atoms with Crippen molar-refractivity contribution >= 4 is 44.4 Å². The van der Waals surface area contributed by atoms with Crippen LogP contribution in [-0.4, -0.2) is 47.9 Å². The average Bonchev–Trinajstić information content (AvgIpc) is 3.17. The van der Waals surface area contributed by atoms with E-state index in [1.807, 2.05) is 27.1 Å². The highest BCUT2D eigenvalue weighted by atomic mass is 32.1. The molecule has 0 saturated carbocycles. The van der Waals surface area contributed by atoms with Gasteiger partial charge in [-0.05, 0) is 81.9 Å². The maximum atomic E-state index is 13.1. The molecule has 0 aliphatic carbocycles. The van der Waals surface area contributed by atoms with Crippen LogP contribution in [0.2, 0.25) is 0 Å². The largest absolute Gasteiger partial charge is 0.309 e. The molecule has 31 heavy (non-hydrogen) atoms. The van der Waals surface area contributed by atoms with Crippen LogP contribution < -0.4 is 4.90 Å². The number of nitro groups is 1. The lowest BCUT2D eigenvalue weighted by atomic mass is 10.1. The van der Waals surface area contributed by atoms with Crippen LogP contribution in [-0.2, 0) is 4.79 Å². The number of benzene rings is 2. The van der Waals surface area contributed by atoms with Crippen molar-refractivity contribution < 1.29 is 9.72 Å². The molecule has 0 spiro atoms. The van der Waals surface area contributed by atoms with Gasteiger partial charge >= 0.3 is 0 Å². The molecular formula is C23H26N4O3S. The first-order valence-corrected chi connectivity index (χ1v) is 10.8. The summed E-state index contributed by atoms with van der Waals surface area (Å²) in [6.45, 7) is 5.52. The van der Waals surface area contributed by atoms with E-state index in [-0.39, 0.29) is 11.6 Å². The Bertz CT molecular complexity index is 1120. The Hall–Kier alpha value is -3.10. The number of carbonyl (C=O) groups is 1. The highest BCUT2D eigenvalue weighted by Gasteiger charge is 2.19. The minimum absolute atomic E-state index is 0.0222. The predicted molar refractivity (Wildman–Crippen MR) is 127 cm³/mol. The van der Waals surface area contributed by atoms with E-state index in [1.165, 1.54) is 35.1 Å². The first-order chi connectivity index (χ1) is 14.8. The van der Waals surface area contributed by atoms with E-state index in [0.29, 0.717) is 11.7 Å². The Labute approximate surface area is 185 Å². The lowest BCUT2D eigenvalue weighted by Crippen LogP contribution is -2.32. The van der Waals surface area contributed by atoms with Crippen LogP contribution in [0, 0.1) is 24.0 Å². The highest BCUT2D eigenvalue weighted by molar-refractivity contribution is 7.22. The van der Waals surface area contributed by atoms with Gasteiger partial charge in [0, 0.05) is 24.8 Å². The number of nitro benzene ring substituents is 1. The van der Waals surface area contributed by atoms with Crippen LogP contribution in [0.4, 0.5) is 10.8 Å². The maximum absolute atomic E-state index is 13.1. The molecule has 2 aromatic carbocycles. The number of hydrogen-bond acceptors (Lipinski definition) is 6. The van der Waals surface area contributed by atoms with Crippen LogP contribution in [0.5, 0.6) is 0 Å². The molecule has 0 unspecified atom stereocenters. The first kappa shape index (κ1) is 22.6. The van der Waals surface area contributed by atoms with E-state index in [0.717, 1.165) is 34.3 Å². The topological polar surface area (TPSA) is 79.6 Å². The number of non-ortho nitro benzene ring substituents is 1. The summed E-state index contributed by atoms with van der Waals surface area (Å²) in [7, 11) is 4.01. The molecule has 0 radical (unpaired) electrons. The standard InChI is InChI=1S/C23H26N4O3S/c1-16-6-12-20-22(17(16)2)24-23(31-20)26(15-5-14-25(3)4)21(28)13-9-18-7-10-19(11-8-18)27(29)30/h6-13H,5,14-15H2,1-4H3/b13-9-. The highest BCUT2D eigenvalue weighted by Crippen LogP contribution is 2.32. The third-order valence-electron chi connectivity index (χ3n) is 5.08. The molecule has 8 heteroatoms. The summed E-state index contributed by atoms with van der Waals surface area (Å²) in [6.07, 6.45) is 3.99. The van der Waals surface area contributed by atoms with E-state index in [1.54, 1.807) is 23.1 Å². The number of fused-ring (bicyclic) bond motifs is 1. The summed E-state index contributed by atoms with van der Waals surface area (Å²) in [5.41, 5.74) is 3.98. The Morgan fingerprint density at radius 1 is 1.13 bits per heavy atom. The molecule has 0 aliphatic heterocycles. The zero-order valence-corrected chi connectivity index (χ0v) is 19.0. The number of carbonyl (C=O) groups excluding carboxylic acids is 1. The number of amides is 1. The summed E-state index contributed by atoms with van der Waals surface area (Å²) < 4.78 is 1.06. The Morgan fingerprint density at radius 3 is 2.48 bits per heavy atom. The zero-order valence-electron chi connectivity index (χ0n) is 18.2. The van der Waals surface area contributed by atoms with Gasteiger partial charge in [0.1, 0.15) is 0 Å². The molecule has 162 valence electrons. The second kappa shape index (κ2) is 9.80. The quantitative estimate of drug-likeness (QED) is 0.286. The van der Waals surface area contributed by atoms with Gasteiger partial charge in [0.05, 0.1) is 15.1 Å². The predicted octanol–water partition coefficient (Wildman–Crippen LogP) is 4.82. The van der Waals surface area contributed by atoms with Gasteiger partial charge in [-0.15, -0.1) is 0 Å². The smallest absolute Gasteiger partial charge is 0.269 e. The number of anilines is 1. The van der Waals surface area contributed by atoms with Crippen LogP contribution in [0.15, 0.2) is 42.5 Å². The average molecular weight is 439 g/mol. The van der Waals surface area contributed by atoms with Gasteiger partial charge in [0.25, 0.3) is 11.6 Å². The number of hydrogen-bond donors (Lipinski definition) is 0. The summed E-state index contributed by atoms with van der Waals surface area (Å²) in [6, 6.07) is 10.2. The van der Waals surface area contributed by atoms with Gasteiger partial charge in [0.15, 0.2) is 5.13 Å². The molecule has 0 fully saturated rings. The number of nitrogens with zero attached hydrogens (tertiary/aromatic N) is 4. The minimum atomic E-state index is -0.442. The molecule has 1 heterocycles. The SMILES string of the molecule is Cc1ccc2sc(N(CCCN(C)C)C(=O)/C=C\c3ccc([N+](=O)[O-])cc3)nc2c1C. The molecular weight excluding hydrogens is 412 g/mol. The van der Waals surface area contributed by atoms with E-state index in [2.05, 4.69) is 17.9 Å². The Kier molecular flexibility index (Phi) is 7.14. The number of thiazole rings is 1. The Balaban J connectivity index is 1.86. The molecule has 0 N–H and O–H groups in total.